The van der Waals surface area contributed by atoms with Crippen molar-refractivity contribution in [2.24, 2.45) is 5.73 Å². The average molecular weight is 262 g/mol. The zero-order chi connectivity index (χ0) is 13.4. The van der Waals surface area contributed by atoms with E-state index in [1.807, 2.05) is 0 Å². The van der Waals surface area contributed by atoms with E-state index in [0.29, 0.717) is 12.1 Å². The summed E-state index contributed by atoms with van der Waals surface area (Å²) in [5.41, 5.74) is 7.66. The van der Waals surface area contributed by atoms with Crippen molar-refractivity contribution < 1.29 is 0 Å². The standard InChI is InChI=1S/C15H26N4/c1-11(2)18-9-4-3-7-13(18)15-17-10-12-6-5-8-14(16)19(12)15/h10-11,13-14H,3-9,16H2,1-2H3. The van der Waals surface area contributed by atoms with Gasteiger partial charge in [-0.1, -0.05) is 6.42 Å². The fourth-order valence-electron chi connectivity index (χ4n) is 3.70. The average Bonchev–Trinajstić information content (AvgIpc) is 2.84. The Hall–Kier alpha value is -0.870. The minimum Gasteiger partial charge on any atom is -0.315 e. The van der Waals surface area contributed by atoms with Crippen molar-refractivity contribution in [2.75, 3.05) is 6.54 Å². The lowest BCUT2D eigenvalue weighted by atomic mass is 9.99. The molecule has 2 aliphatic rings. The van der Waals surface area contributed by atoms with Gasteiger partial charge < -0.3 is 10.3 Å². The van der Waals surface area contributed by atoms with Gasteiger partial charge in [-0.2, -0.15) is 0 Å². The van der Waals surface area contributed by atoms with Crippen molar-refractivity contribution in [1.29, 1.82) is 0 Å². The third kappa shape index (κ3) is 2.32. The Balaban J connectivity index is 1.94. The van der Waals surface area contributed by atoms with Gasteiger partial charge >= 0.3 is 0 Å². The third-order valence-corrected chi connectivity index (χ3v) is 4.67. The first-order chi connectivity index (χ1) is 9.18. The zero-order valence-electron chi connectivity index (χ0n) is 12.2. The van der Waals surface area contributed by atoms with Crippen LogP contribution >= 0.6 is 0 Å². The normalized spacial score (nSPS) is 28.6. The number of fused-ring (bicyclic) bond motifs is 1. The molecule has 106 valence electrons. The van der Waals surface area contributed by atoms with Crippen LogP contribution in [0.2, 0.25) is 0 Å². The second-order valence-electron chi connectivity index (χ2n) is 6.28. The molecule has 2 N–H and O–H groups in total. The van der Waals surface area contributed by atoms with Crippen LogP contribution in [0.5, 0.6) is 0 Å². The number of nitrogens with zero attached hydrogens (tertiary/aromatic N) is 3. The van der Waals surface area contributed by atoms with Crippen LogP contribution in [0, 0.1) is 0 Å². The first-order valence-corrected chi connectivity index (χ1v) is 7.76. The molecule has 2 unspecified atom stereocenters. The summed E-state index contributed by atoms with van der Waals surface area (Å²) in [6.07, 6.45) is 9.46. The second-order valence-corrected chi connectivity index (χ2v) is 6.28. The molecule has 2 aliphatic heterocycles. The molecule has 0 aliphatic carbocycles. The number of hydrogen-bond donors (Lipinski definition) is 1. The van der Waals surface area contributed by atoms with Gasteiger partial charge in [0, 0.05) is 17.9 Å². The van der Waals surface area contributed by atoms with Crippen molar-refractivity contribution in [3.63, 3.8) is 0 Å². The van der Waals surface area contributed by atoms with E-state index in [1.165, 1.54) is 43.7 Å². The van der Waals surface area contributed by atoms with Crippen LogP contribution in [0.3, 0.4) is 0 Å². The van der Waals surface area contributed by atoms with Crippen molar-refractivity contribution >= 4 is 0 Å². The van der Waals surface area contributed by atoms with Crippen LogP contribution in [0.4, 0.5) is 0 Å². The molecular weight excluding hydrogens is 236 g/mol. The van der Waals surface area contributed by atoms with Crippen molar-refractivity contribution in [2.45, 2.75) is 70.6 Å². The van der Waals surface area contributed by atoms with Gasteiger partial charge in [0.25, 0.3) is 0 Å². The van der Waals surface area contributed by atoms with Crippen LogP contribution in [0.1, 0.15) is 69.7 Å². The second kappa shape index (κ2) is 5.25. The number of imidazole rings is 1. The Kier molecular flexibility index (Phi) is 3.63. The van der Waals surface area contributed by atoms with E-state index in [2.05, 4.69) is 29.5 Å². The summed E-state index contributed by atoms with van der Waals surface area (Å²) < 4.78 is 2.33. The molecule has 4 heteroatoms. The SMILES string of the molecule is CC(C)N1CCCCC1c1ncc2n1C(N)CCC2. The fourth-order valence-corrected chi connectivity index (χ4v) is 3.70. The molecule has 0 saturated carbocycles. The van der Waals surface area contributed by atoms with E-state index >= 15 is 0 Å². The molecule has 1 fully saturated rings. The molecule has 0 spiro atoms. The summed E-state index contributed by atoms with van der Waals surface area (Å²) in [4.78, 5) is 7.34. The van der Waals surface area contributed by atoms with Crippen LogP contribution < -0.4 is 5.73 Å². The summed E-state index contributed by atoms with van der Waals surface area (Å²) in [6, 6.07) is 1.05. The predicted molar refractivity (Wildman–Crippen MR) is 76.8 cm³/mol. The van der Waals surface area contributed by atoms with Gasteiger partial charge in [-0.05, 0) is 52.5 Å². The van der Waals surface area contributed by atoms with Crippen molar-refractivity contribution in [3.05, 3.63) is 17.7 Å². The summed E-state index contributed by atoms with van der Waals surface area (Å²) in [6.45, 7) is 5.77. The van der Waals surface area contributed by atoms with E-state index in [4.69, 9.17) is 10.7 Å². The Bertz CT molecular complexity index is 437. The summed E-state index contributed by atoms with van der Waals surface area (Å²) in [7, 11) is 0. The third-order valence-electron chi connectivity index (χ3n) is 4.67. The van der Waals surface area contributed by atoms with Gasteiger partial charge in [-0.15, -0.1) is 0 Å². The van der Waals surface area contributed by atoms with E-state index in [-0.39, 0.29) is 6.17 Å². The fraction of sp³-hybridized carbons (Fsp3) is 0.800. The molecule has 0 aromatic carbocycles. The summed E-state index contributed by atoms with van der Waals surface area (Å²) >= 11 is 0. The Labute approximate surface area is 116 Å². The Morgan fingerprint density at radius 2 is 2.11 bits per heavy atom. The number of piperidine rings is 1. The summed E-state index contributed by atoms with van der Waals surface area (Å²) in [5, 5.41) is 0. The number of likely N-dealkylation sites (tertiary alicyclic amines) is 1. The van der Waals surface area contributed by atoms with Gasteiger partial charge in [0.15, 0.2) is 0 Å². The molecule has 1 aromatic rings. The van der Waals surface area contributed by atoms with Gasteiger partial charge in [0.1, 0.15) is 5.82 Å². The Morgan fingerprint density at radius 1 is 1.26 bits per heavy atom. The maximum absolute atomic E-state index is 6.32. The van der Waals surface area contributed by atoms with Crippen LogP contribution in [0.25, 0.3) is 0 Å². The number of rotatable bonds is 2. The number of nitrogens with two attached hydrogens (primary N) is 1. The van der Waals surface area contributed by atoms with Crippen LogP contribution in [-0.2, 0) is 6.42 Å². The molecule has 0 radical (unpaired) electrons. The predicted octanol–water partition coefficient (Wildman–Crippen LogP) is 2.61. The van der Waals surface area contributed by atoms with Gasteiger partial charge in [-0.25, -0.2) is 4.98 Å². The van der Waals surface area contributed by atoms with E-state index in [1.54, 1.807) is 0 Å². The molecule has 0 bridgehead atoms. The lowest BCUT2D eigenvalue weighted by molar-refractivity contribution is 0.101. The highest BCUT2D eigenvalue weighted by Gasteiger charge is 2.32. The quantitative estimate of drug-likeness (QED) is 0.891. The minimum atomic E-state index is 0.136. The maximum atomic E-state index is 6.32. The van der Waals surface area contributed by atoms with Gasteiger partial charge in [0.05, 0.1) is 12.2 Å². The van der Waals surface area contributed by atoms with E-state index < -0.39 is 0 Å². The number of aromatic nitrogens is 2. The highest BCUT2D eigenvalue weighted by atomic mass is 15.3. The maximum Gasteiger partial charge on any atom is 0.127 e. The first kappa shape index (κ1) is 13.1. The minimum absolute atomic E-state index is 0.136. The van der Waals surface area contributed by atoms with Crippen molar-refractivity contribution in [1.82, 2.24) is 14.5 Å². The first-order valence-electron chi connectivity index (χ1n) is 7.76. The largest absolute Gasteiger partial charge is 0.315 e. The van der Waals surface area contributed by atoms with Gasteiger partial charge in [-0.3, -0.25) is 4.90 Å². The molecule has 3 rings (SSSR count). The van der Waals surface area contributed by atoms with E-state index in [0.717, 1.165) is 12.8 Å². The lowest BCUT2D eigenvalue weighted by Gasteiger charge is -2.39. The molecule has 1 aromatic heterocycles. The zero-order valence-corrected chi connectivity index (χ0v) is 12.2. The van der Waals surface area contributed by atoms with Crippen LogP contribution in [0.15, 0.2) is 6.20 Å². The molecule has 2 atom stereocenters. The van der Waals surface area contributed by atoms with E-state index in [9.17, 15) is 0 Å². The smallest absolute Gasteiger partial charge is 0.127 e. The number of hydrogen-bond acceptors (Lipinski definition) is 3. The monoisotopic (exact) mass is 262 g/mol. The molecule has 0 amide bonds. The van der Waals surface area contributed by atoms with Gasteiger partial charge in [0.2, 0.25) is 0 Å². The molecule has 1 saturated heterocycles. The Morgan fingerprint density at radius 3 is 2.89 bits per heavy atom. The molecule has 19 heavy (non-hydrogen) atoms. The number of aryl methyl sites for hydroxylation is 1. The molecule has 4 nitrogen and oxygen atoms in total. The molecule has 3 heterocycles. The van der Waals surface area contributed by atoms with Crippen molar-refractivity contribution in [3.8, 4) is 0 Å². The highest BCUT2D eigenvalue weighted by Crippen LogP contribution is 2.35. The topological polar surface area (TPSA) is 47.1 Å². The highest BCUT2D eigenvalue weighted by molar-refractivity contribution is 5.13. The molecular formula is C15H26N4. The summed E-state index contributed by atoms with van der Waals surface area (Å²) in [5.74, 6) is 1.22. The van der Waals surface area contributed by atoms with Crippen LogP contribution in [-0.4, -0.2) is 27.0 Å². The lowest BCUT2D eigenvalue weighted by Crippen LogP contribution is -2.40.